The largest absolute Gasteiger partial charge is 0.480 e. The minimum Gasteiger partial charge on any atom is -0.480 e. The summed E-state index contributed by atoms with van der Waals surface area (Å²) in [5.41, 5.74) is -0.999. The van der Waals surface area contributed by atoms with E-state index >= 15 is 0 Å². The molecule has 1 saturated carbocycles. The molecule has 2 N–H and O–H groups in total. The highest BCUT2D eigenvalue weighted by atomic mass is 32.2. The molecule has 0 radical (unpaired) electrons. The van der Waals surface area contributed by atoms with Crippen LogP contribution in [-0.4, -0.2) is 28.3 Å². The van der Waals surface area contributed by atoms with E-state index in [0.29, 0.717) is 12.8 Å². The molecule has 108 valence electrons. The Morgan fingerprint density at radius 1 is 1.14 bits per heavy atom. The molecule has 1 aliphatic carbocycles. The standard InChI is InChI=1S/C16H15NO3S/c18-14(17-16(7-8-16)15(19)20)10-21-13-6-5-11-3-1-2-4-12(11)9-13/h1-6,9H,7-8,10H2,(H,17,18)(H,19,20). The van der Waals surface area contributed by atoms with E-state index in [1.165, 1.54) is 11.8 Å². The van der Waals surface area contributed by atoms with E-state index in [1.54, 1.807) is 0 Å². The second-order valence-electron chi connectivity index (χ2n) is 5.23. The van der Waals surface area contributed by atoms with Gasteiger partial charge in [-0.2, -0.15) is 0 Å². The molecule has 0 aliphatic heterocycles. The monoisotopic (exact) mass is 301 g/mol. The lowest BCUT2D eigenvalue weighted by molar-refractivity contribution is -0.142. The van der Waals surface area contributed by atoms with Crippen LogP contribution < -0.4 is 5.32 Å². The Bertz CT molecular complexity index is 709. The second-order valence-corrected chi connectivity index (χ2v) is 6.28. The van der Waals surface area contributed by atoms with Gasteiger partial charge in [0, 0.05) is 4.90 Å². The molecule has 1 amide bonds. The predicted molar refractivity (Wildman–Crippen MR) is 82.4 cm³/mol. The van der Waals surface area contributed by atoms with E-state index in [-0.39, 0.29) is 11.7 Å². The molecule has 1 fully saturated rings. The van der Waals surface area contributed by atoms with Crippen molar-refractivity contribution in [2.45, 2.75) is 23.3 Å². The van der Waals surface area contributed by atoms with Crippen LogP contribution in [0.3, 0.4) is 0 Å². The van der Waals surface area contributed by atoms with Crippen molar-refractivity contribution in [1.82, 2.24) is 5.32 Å². The number of hydrogen-bond acceptors (Lipinski definition) is 3. The molecule has 2 aromatic carbocycles. The summed E-state index contributed by atoms with van der Waals surface area (Å²) in [5.74, 6) is -0.937. The maximum absolute atomic E-state index is 11.8. The number of benzene rings is 2. The Morgan fingerprint density at radius 3 is 2.52 bits per heavy atom. The molecular weight excluding hydrogens is 286 g/mol. The van der Waals surface area contributed by atoms with Gasteiger partial charge in [-0.15, -0.1) is 11.8 Å². The summed E-state index contributed by atoms with van der Waals surface area (Å²) in [6, 6.07) is 14.1. The third kappa shape index (κ3) is 3.03. The topological polar surface area (TPSA) is 66.4 Å². The van der Waals surface area contributed by atoms with Crippen LogP contribution in [0.2, 0.25) is 0 Å². The average molecular weight is 301 g/mol. The van der Waals surface area contributed by atoms with Gasteiger partial charge in [0.05, 0.1) is 5.75 Å². The van der Waals surface area contributed by atoms with Crippen molar-refractivity contribution in [3.05, 3.63) is 42.5 Å². The zero-order chi connectivity index (χ0) is 14.9. The van der Waals surface area contributed by atoms with Crippen molar-refractivity contribution in [1.29, 1.82) is 0 Å². The number of aliphatic carboxylic acids is 1. The fourth-order valence-electron chi connectivity index (χ4n) is 2.23. The quantitative estimate of drug-likeness (QED) is 0.833. The highest BCUT2D eigenvalue weighted by Gasteiger charge is 2.51. The number of thioether (sulfide) groups is 1. The van der Waals surface area contributed by atoms with E-state index in [2.05, 4.69) is 5.32 Å². The minimum atomic E-state index is -0.999. The molecule has 0 aromatic heterocycles. The van der Waals surface area contributed by atoms with Gasteiger partial charge in [0.2, 0.25) is 5.91 Å². The zero-order valence-corrected chi connectivity index (χ0v) is 12.2. The molecular formula is C16H15NO3S. The maximum atomic E-state index is 11.8. The molecule has 0 unspecified atom stereocenters. The van der Waals surface area contributed by atoms with Gasteiger partial charge >= 0.3 is 5.97 Å². The number of amides is 1. The molecule has 0 spiro atoms. The fourth-order valence-corrected chi connectivity index (χ4v) is 2.97. The van der Waals surface area contributed by atoms with E-state index in [9.17, 15) is 9.59 Å². The SMILES string of the molecule is O=C(CSc1ccc2ccccc2c1)NC1(C(=O)O)CC1. The lowest BCUT2D eigenvalue weighted by Crippen LogP contribution is -2.43. The Kier molecular flexibility index (Phi) is 3.59. The van der Waals surface area contributed by atoms with Crippen molar-refractivity contribution >= 4 is 34.4 Å². The number of carboxylic acid groups (broad SMARTS) is 1. The number of rotatable bonds is 5. The van der Waals surface area contributed by atoms with Gasteiger partial charge in [0.25, 0.3) is 0 Å². The highest BCUT2D eigenvalue weighted by molar-refractivity contribution is 8.00. The van der Waals surface area contributed by atoms with Gasteiger partial charge in [-0.05, 0) is 35.7 Å². The van der Waals surface area contributed by atoms with Crippen LogP contribution >= 0.6 is 11.8 Å². The third-order valence-corrected chi connectivity index (χ3v) is 4.62. The first-order valence-corrected chi connectivity index (χ1v) is 7.74. The van der Waals surface area contributed by atoms with Crippen molar-refractivity contribution in [2.75, 3.05) is 5.75 Å². The third-order valence-electron chi connectivity index (χ3n) is 3.63. The van der Waals surface area contributed by atoms with Gasteiger partial charge in [-0.1, -0.05) is 30.3 Å². The van der Waals surface area contributed by atoms with Crippen LogP contribution in [-0.2, 0) is 9.59 Å². The number of fused-ring (bicyclic) bond motifs is 1. The second kappa shape index (κ2) is 5.41. The van der Waals surface area contributed by atoms with E-state index in [4.69, 9.17) is 5.11 Å². The molecule has 0 atom stereocenters. The highest BCUT2D eigenvalue weighted by Crippen LogP contribution is 2.35. The molecule has 21 heavy (non-hydrogen) atoms. The Labute approximate surface area is 126 Å². The Hall–Kier alpha value is -2.01. The summed E-state index contributed by atoms with van der Waals surface area (Å²) in [6.45, 7) is 0. The lowest BCUT2D eigenvalue weighted by Gasteiger charge is -2.12. The van der Waals surface area contributed by atoms with Gasteiger partial charge in [0.15, 0.2) is 0 Å². The molecule has 1 aliphatic rings. The van der Waals surface area contributed by atoms with Gasteiger partial charge in [-0.3, -0.25) is 4.79 Å². The van der Waals surface area contributed by atoms with Crippen LogP contribution in [0, 0.1) is 0 Å². The molecule has 3 rings (SSSR count). The van der Waals surface area contributed by atoms with Crippen LogP contribution in [0.15, 0.2) is 47.4 Å². The molecule has 0 heterocycles. The first-order chi connectivity index (χ1) is 10.1. The fraction of sp³-hybridized carbons (Fsp3) is 0.250. The minimum absolute atomic E-state index is 0.229. The number of carboxylic acids is 1. The molecule has 0 saturated heterocycles. The number of nitrogens with one attached hydrogen (secondary N) is 1. The summed E-state index contributed by atoms with van der Waals surface area (Å²) in [7, 11) is 0. The van der Waals surface area contributed by atoms with Crippen LogP contribution in [0.4, 0.5) is 0 Å². The van der Waals surface area contributed by atoms with Crippen LogP contribution in [0.25, 0.3) is 10.8 Å². The lowest BCUT2D eigenvalue weighted by atomic mass is 10.1. The Balaban J connectivity index is 1.61. The summed E-state index contributed by atoms with van der Waals surface area (Å²) < 4.78 is 0. The first-order valence-electron chi connectivity index (χ1n) is 6.75. The maximum Gasteiger partial charge on any atom is 0.329 e. The van der Waals surface area contributed by atoms with Crippen LogP contribution in [0.5, 0.6) is 0 Å². The van der Waals surface area contributed by atoms with Crippen molar-refractivity contribution in [2.24, 2.45) is 0 Å². The summed E-state index contributed by atoms with van der Waals surface area (Å²) in [5, 5.41) is 13.9. The number of carbonyl (C=O) groups is 2. The smallest absolute Gasteiger partial charge is 0.329 e. The normalized spacial score (nSPS) is 15.6. The van der Waals surface area contributed by atoms with E-state index in [1.807, 2.05) is 42.5 Å². The number of hydrogen-bond donors (Lipinski definition) is 2. The molecule has 0 bridgehead atoms. The zero-order valence-electron chi connectivity index (χ0n) is 11.3. The molecule has 5 heteroatoms. The summed E-state index contributed by atoms with van der Waals surface area (Å²) in [6.07, 6.45) is 1.05. The molecule has 4 nitrogen and oxygen atoms in total. The average Bonchev–Trinajstić information content (AvgIpc) is 3.26. The van der Waals surface area contributed by atoms with Gasteiger partial charge in [-0.25, -0.2) is 4.79 Å². The van der Waals surface area contributed by atoms with Crippen molar-refractivity contribution < 1.29 is 14.7 Å². The molecule has 2 aromatic rings. The predicted octanol–water partition coefficient (Wildman–Crippen LogP) is 2.67. The van der Waals surface area contributed by atoms with Crippen LogP contribution in [0.1, 0.15) is 12.8 Å². The Morgan fingerprint density at radius 2 is 1.86 bits per heavy atom. The van der Waals surface area contributed by atoms with E-state index < -0.39 is 11.5 Å². The summed E-state index contributed by atoms with van der Waals surface area (Å²) in [4.78, 5) is 23.9. The summed E-state index contributed by atoms with van der Waals surface area (Å²) >= 11 is 1.42. The first kappa shape index (κ1) is 13.9. The number of carbonyl (C=O) groups excluding carboxylic acids is 1. The van der Waals surface area contributed by atoms with Crippen molar-refractivity contribution in [3.63, 3.8) is 0 Å². The van der Waals surface area contributed by atoms with E-state index in [0.717, 1.165) is 15.7 Å². The van der Waals surface area contributed by atoms with Crippen molar-refractivity contribution in [3.8, 4) is 0 Å². The van der Waals surface area contributed by atoms with Gasteiger partial charge in [0.1, 0.15) is 5.54 Å². The van der Waals surface area contributed by atoms with Gasteiger partial charge < -0.3 is 10.4 Å².